The number of nitrogens with one attached hydrogen (secondary N) is 3. The molecule has 0 aliphatic carbocycles. The SMILES string of the molecule is CC(C)C.N#C[C@H](C[C@@H]1CCCNC1=O)NC(=O)CNC(=O)CCCCO.[HH].[HH].[HH]. The molecule has 1 aliphatic heterocycles. The molecule has 1 heterocycles. The van der Waals surface area contributed by atoms with Crippen LogP contribution in [0.2, 0.25) is 0 Å². The average molecular weight is 389 g/mol. The van der Waals surface area contributed by atoms with Crippen molar-refractivity contribution in [1.82, 2.24) is 16.0 Å². The Morgan fingerprint density at radius 1 is 1.33 bits per heavy atom. The number of carbonyl (C=O) groups is 3. The summed E-state index contributed by atoms with van der Waals surface area (Å²) in [5, 5.41) is 25.5. The fourth-order valence-corrected chi connectivity index (χ4v) is 2.40. The van der Waals surface area contributed by atoms with E-state index in [4.69, 9.17) is 10.4 Å². The van der Waals surface area contributed by atoms with Crippen LogP contribution in [0.5, 0.6) is 0 Å². The first-order valence-electron chi connectivity index (χ1n) is 9.64. The summed E-state index contributed by atoms with van der Waals surface area (Å²) in [7, 11) is 0. The molecule has 0 spiro atoms. The number of piperidine rings is 1. The van der Waals surface area contributed by atoms with Crippen LogP contribution in [0.4, 0.5) is 0 Å². The molecule has 8 nitrogen and oxygen atoms in total. The molecule has 0 unspecified atom stereocenters. The predicted molar refractivity (Wildman–Crippen MR) is 109 cm³/mol. The van der Waals surface area contributed by atoms with Gasteiger partial charge >= 0.3 is 0 Å². The summed E-state index contributed by atoms with van der Waals surface area (Å²) in [4.78, 5) is 34.9. The van der Waals surface area contributed by atoms with Gasteiger partial charge in [-0.25, -0.2) is 0 Å². The Morgan fingerprint density at radius 2 is 2.00 bits per heavy atom. The van der Waals surface area contributed by atoms with E-state index in [0.29, 0.717) is 25.8 Å². The molecule has 1 aliphatic rings. The van der Waals surface area contributed by atoms with Crippen molar-refractivity contribution in [2.24, 2.45) is 11.8 Å². The number of hydrogen-bond donors (Lipinski definition) is 4. The van der Waals surface area contributed by atoms with Crippen molar-refractivity contribution in [2.75, 3.05) is 19.7 Å². The van der Waals surface area contributed by atoms with Gasteiger partial charge in [0.2, 0.25) is 17.7 Å². The number of nitriles is 1. The first-order chi connectivity index (χ1) is 12.8. The Hall–Kier alpha value is -2.14. The van der Waals surface area contributed by atoms with E-state index in [1.807, 2.05) is 6.07 Å². The van der Waals surface area contributed by atoms with Crippen molar-refractivity contribution in [3.63, 3.8) is 0 Å². The molecular formula is C19H40N4O4. The van der Waals surface area contributed by atoms with E-state index in [-0.39, 0.29) is 48.0 Å². The van der Waals surface area contributed by atoms with E-state index in [2.05, 4.69) is 36.7 Å². The molecule has 1 rings (SSSR count). The third kappa shape index (κ3) is 13.7. The number of aliphatic hydroxyl groups excluding tert-OH is 1. The normalized spacial score (nSPS) is 17.0. The lowest BCUT2D eigenvalue weighted by atomic mass is 9.92. The lowest BCUT2D eigenvalue weighted by molar-refractivity contribution is -0.128. The van der Waals surface area contributed by atoms with Crippen molar-refractivity contribution in [3.8, 4) is 6.07 Å². The number of hydrogen-bond acceptors (Lipinski definition) is 5. The highest BCUT2D eigenvalue weighted by Gasteiger charge is 2.26. The molecule has 4 N–H and O–H groups in total. The standard InChI is InChI=1S/C15H24N4O4.C4H10.3H2/c16-9-12(8-11-4-3-6-17-15(11)23)19-14(22)10-18-13(21)5-1-2-7-20;1-4(2)3;;;/h11-12,20H,1-8,10H2,(H,17,23)(H,18,21)(H,19,22);4H,1-3H3;3*1H/t11-,12-;;;;/m0..../s1. The lowest BCUT2D eigenvalue weighted by Gasteiger charge is -2.23. The summed E-state index contributed by atoms with van der Waals surface area (Å²) in [5.41, 5.74) is 0. The molecule has 0 radical (unpaired) electrons. The number of amides is 3. The highest BCUT2D eigenvalue weighted by Crippen LogP contribution is 2.17. The van der Waals surface area contributed by atoms with Crippen LogP contribution in [0.15, 0.2) is 0 Å². The summed E-state index contributed by atoms with van der Waals surface area (Å²) in [5.74, 6) is -0.234. The van der Waals surface area contributed by atoms with Gasteiger partial charge in [0.1, 0.15) is 6.04 Å². The molecule has 2 atom stereocenters. The Kier molecular flexibility index (Phi) is 13.8. The molecule has 27 heavy (non-hydrogen) atoms. The van der Waals surface area contributed by atoms with E-state index >= 15 is 0 Å². The van der Waals surface area contributed by atoms with E-state index in [1.54, 1.807) is 0 Å². The highest BCUT2D eigenvalue weighted by molar-refractivity contribution is 5.85. The Morgan fingerprint density at radius 3 is 2.56 bits per heavy atom. The second-order valence-corrected chi connectivity index (χ2v) is 7.30. The Labute approximate surface area is 166 Å². The average Bonchev–Trinajstić information content (AvgIpc) is 2.61. The third-order valence-corrected chi connectivity index (χ3v) is 3.67. The zero-order valence-corrected chi connectivity index (χ0v) is 16.7. The second-order valence-electron chi connectivity index (χ2n) is 7.30. The molecule has 0 aromatic heterocycles. The molecule has 3 amide bonds. The zero-order chi connectivity index (χ0) is 20.7. The summed E-state index contributed by atoms with van der Waals surface area (Å²) in [6.07, 6.45) is 3.20. The van der Waals surface area contributed by atoms with Crippen LogP contribution < -0.4 is 16.0 Å². The first kappa shape index (κ1) is 24.9. The molecule has 0 aromatic rings. The van der Waals surface area contributed by atoms with Gasteiger partial charge in [-0.2, -0.15) is 5.26 Å². The van der Waals surface area contributed by atoms with Crippen LogP contribution in [0.1, 0.15) is 63.6 Å². The van der Waals surface area contributed by atoms with Crippen LogP contribution >= 0.6 is 0 Å². The van der Waals surface area contributed by atoms with Gasteiger partial charge in [0.15, 0.2) is 0 Å². The molecule has 8 heteroatoms. The van der Waals surface area contributed by atoms with Crippen molar-refractivity contribution in [3.05, 3.63) is 0 Å². The largest absolute Gasteiger partial charge is 0.396 e. The maximum Gasteiger partial charge on any atom is 0.240 e. The van der Waals surface area contributed by atoms with Crippen LogP contribution in [-0.2, 0) is 14.4 Å². The van der Waals surface area contributed by atoms with Crippen molar-refractivity contribution in [2.45, 2.75) is 65.3 Å². The summed E-state index contributed by atoms with van der Waals surface area (Å²) >= 11 is 0. The topological polar surface area (TPSA) is 131 Å². The van der Waals surface area contributed by atoms with Gasteiger partial charge < -0.3 is 21.1 Å². The zero-order valence-electron chi connectivity index (χ0n) is 16.7. The summed E-state index contributed by atoms with van der Waals surface area (Å²) in [6.45, 7) is 6.99. The molecule has 1 saturated heterocycles. The van der Waals surface area contributed by atoms with E-state index in [1.165, 1.54) is 0 Å². The lowest BCUT2D eigenvalue weighted by Crippen LogP contribution is -2.44. The highest BCUT2D eigenvalue weighted by atomic mass is 16.3. The Bertz CT molecular complexity index is 514. The van der Waals surface area contributed by atoms with Gasteiger partial charge in [0.25, 0.3) is 0 Å². The quantitative estimate of drug-likeness (QED) is 0.445. The third-order valence-electron chi connectivity index (χ3n) is 3.67. The number of carbonyl (C=O) groups excluding carboxylic acids is 3. The van der Waals surface area contributed by atoms with Crippen molar-refractivity contribution >= 4 is 17.7 Å². The number of rotatable bonds is 9. The minimum Gasteiger partial charge on any atom is -0.396 e. The van der Waals surface area contributed by atoms with Crippen LogP contribution in [0, 0.1) is 23.2 Å². The monoisotopic (exact) mass is 388 g/mol. The minimum absolute atomic E-state index is 0. The van der Waals surface area contributed by atoms with E-state index in [9.17, 15) is 14.4 Å². The molecule has 1 fully saturated rings. The van der Waals surface area contributed by atoms with Crippen LogP contribution in [0.25, 0.3) is 0 Å². The van der Waals surface area contributed by atoms with Gasteiger partial charge in [-0.15, -0.1) is 0 Å². The van der Waals surface area contributed by atoms with Gasteiger partial charge in [-0.1, -0.05) is 20.8 Å². The first-order valence-corrected chi connectivity index (χ1v) is 9.64. The molecule has 0 bridgehead atoms. The van der Waals surface area contributed by atoms with Gasteiger partial charge in [0.05, 0.1) is 12.6 Å². The van der Waals surface area contributed by atoms with Crippen LogP contribution in [-0.4, -0.2) is 48.6 Å². The van der Waals surface area contributed by atoms with Gasteiger partial charge in [0, 0.05) is 29.8 Å². The maximum atomic E-state index is 11.8. The Balaban J connectivity index is -0.000000442. The van der Waals surface area contributed by atoms with Gasteiger partial charge in [-0.05, 0) is 38.0 Å². The molecule has 0 saturated carbocycles. The van der Waals surface area contributed by atoms with Crippen molar-refractivity contribution in [1.29, 1.82) is 5.26 Å². The second kappa shape index (κ2) is 15.0. The van der Waals surface area contributed by atoms with Crippen LogP contribution in [0.3, 0.4) is 0 Å². The number of unbranched alkanes of at least 4 members (excludes halogenated alkanes) is 1. The number of aliphatic hydroxyl groups is 1. The molecule has 160 valence electrons. The molecule has 0 aromatic carbocycles. The minimum atomic E-state index is -0.748. The number of nitrogens with zero attached hydrogens (tertiary/aromatic N) is 1. The maximum absolute atomic E-state index is 11.8. The smallest absolute Gasteiger partial charge is 0.240 e. The van der Waals surface area contributed by atoms with E-state index < -0.39 is 11.9 Å². The fraction of sp³-hybridized carbons (Fsp3) is 0.789. The van der Waals surface area contributed by atoms with Crippen molar-refractivity contribution < 1.29 is 23.8 Å². The summed E-state index contributed by atoms with van der Waals surface area (Å²) < 4.78 is 0. The van der Waals surface area contributed by atoms with Gasteiger partial charge in [-0.3, -0.25) is 14.4 Å². The van der Waals surface area contributed by atoms with E-state index in [0.717, 1.165) is 12.3 Å². The predicted octanol–water partition coefficient (Wildman–Crippen LogP) is 1.59. The molecular weight excluding hydrogens is 348 g/mol. The summed E-state index contributed by atoms with van der Waals surface area (Å²) in [6, 6.07) is 1.23. The fourth-order valence-electron chi connectivity index (χ4n) is 2.40.